The molecule has 0 bridgehead atoms. The van der Waals surface area contributed by atoms with Crippen molar-refractivity contribution in [2.45, 2.75) is 25.8 Å². The van der Waals surface area contributed by atoms with Gasteiger partial charge in [0.05, 0.1) is 17.9 Å². The van der Waals surface area contributed by atoms with Gasteiger partial charge in [-0.1, -0.05) is 37.3 Å². The van der Waals surface area contributed by atoms with E-state index in [1.165, 1.54) is 21.1 Å². The maximum Gasteiger partial charge on any atom is 0.265 e. The molecule has 0 amide bonds. The molecule has 2 aromatic carbocycles. The first-order valence-electron chi connectivity index (χ1n) is 10.2. The van der Waals surface area contributed by atoms with Crippen LogP contribution in [0.5, 0.6) is 5.88 Å². The molecule has 0 fully saturated rings. The lowest BCUT2D eigenvalue weighted by Gasteiger charge is -2.22. The number of nitrogens with two attached hydrogens (primary N) is 1. The molecule has 5 rings (SSSR count). The highest BCUT2D eigenvalue weighted by Crippen LogP contribution is 2.33. The van der Waals surface area contributed by atoms with E-state index in [0.29, 0.717) is 5.56 Å². The van der Waals surface area contributed by atoms with Gasteiger partial charge in [0.2, 0.25) is 5.88 Å². The van der Waals surface area contributed by atoms with Gasteiger partial charge < -0.3 is 15.4 Å². The topological polar surface area (TPSA) is 90.4 Å². The molecule has 0 saturated carbocycles. The van der Waals surface area contributed by atoms with Crippen LogP contribution in [0.3, 0.4) is 0 Å². The van der Waals surface area contributed by atoms with E-state index in [9.17, 15) is 9.90 Å². The van der Waals surface area contributed by atoms with Crippen molar-refractivity contribution in [3.05, 3.63) is 86.0 Å². The highest BCUT2D eigenvalue weighted by Gasteiger charge is 2.34. The van der Waals surface area contributed by atoms with Gasteiger partial charge in [0.1, 0.15) is 5.56 Å². The molecule has 0 radical (unpaired) electrons. The third kappa shape index (κ3) is 2.89. The second kappa shape index (κ2) is 7.27. The van der Waals surface area contributed by atoms with Gasteiger partial charge in [-0.05, 0) is 48.0 Å². The van der Waals surface area contributed by atoms with Crippen molar-refractivity contribution in [3.63, 3.8) is 0 Å². The summed E-state index contributed by atoms with van der Waals surface area (Å²) in [5, 5.41) is 14.5. The molecule has 152 valence electrons. The van der Waals surface area contributed by atoms with E-state index in [1.807, 2.05) is 42.5 Å². The monoisotopic (exact) mass is 419 g/mol. The first-order chi connectivity index (χ1) is 14.6. The molecule has 5 N–H and O–H groups in total. The molecular weight excluding hydrogens is 396 g/mol. The molecule has 0 saturated heterocycles. The highest BCUT2D eigenvalue weighted by molar-refractivity contribution is 7.71. The maximum absolute atomic E-state index is 12.9. The Balaban J connectivity index is 1.71. The maximum atomic E-state index is 12.9. The molecular formula is C23H23N4O2S+. The van der Waals surface area contributed by atoms with Crippen molar-refractivity contribution < 1.29 is 10.4 Å². The number of rotatable bonds is 3. The number of benzene rings is 2. The number of aromatic hydroxyl groups is 1. The molecule has 6 nitrogen and oxygen atoms in total. The Kier molecular flexibility index (Phi) is 4.56. The Labute approximate surface area is 178 Å². The summed E-state index contributed by atoms with van der Waals surface area (Å²) in [6.45, 7) is 2.92. The van der Waals surface area contributed by atoms with E-state index in [1.54, 1.807) is 0 Å². The molecule has 0 spiro atoms. The summed E-state index contributed by atoms with van der Waals surface area (Å²) in [6.07, 6.45) is 1.83. The van der Waals surface area contributed by atoms with Gasteiger partial charge >= 0.3 is 0 Å². The lowest BCUT2D eigenvalue weighted by atomic mass is 9.95. The van der Waals surface area contributed by atoms with E-state index < -0.39 is 0 Å². The predicted octanol–water partition coefficient (Wildman–Crippen LogP) is 2.85. The Bertz CT molecular complexity index is 1360. The summed E-state index contributed by atoms with van der Waals surface area (Å²) >= 11 is 5.39. The van der Waals surface area contributed by atoms with Crippen LogP contribution in [0.25, 0.3) is 16.6 Å². The lowest BCUT2D eigenvalue weighted by molar-refractivity contribution is -0.690. The number of nitrogens with zero attached hydrogens (tertiary/aromatic N) is 1. The smallest absolute Gasteiger partial charge is 0.265 e. The molecule has 2 aromatic heterocycles. The first kappa shape index (κ1) is 18.8. The number of hydrogen-bond acceptors (Lipinski definition) is 3. The Hall–Kier alpha value is -3.16. The van der Waals surface area contributed by atoms with Crippen LogP contribution in [0.1, 0.15) is 35.3 Å². The molecule has 1 atom stereocenters. The quantitative estimate of drug-likeness (QED) is 0.385. The van der Waals surface area contributed by atoms with Gasteiger partial charge in [-0.3, -0.25) is 14.3 Å². The number of hydrogen-bond donors (Lipinski definition) is 4. The number of aromatic amines is 2. The molecule has 7 heteroatoms. The Morgan fingerprint density at radius 3 is 2.70 bits per heavy atom. The number of nitrogens with one attached hydrogen (secondary N) is 2. The van der Waals surface area contributed by atoms with Crippen molar-refractivity contribution in [1.82, 2.24) is 14.5 Å². The molecule has 30 heavy (non-hydrogen) atoms. The van der Waals surface area contributed by atoms with Gasteiger partial charge in [-0.25, -0.2) is 0 Å². The molecule has 4 aromatic rings. The summed E-state index contributed by atoms with van der Waals surface area (Å²) in [7, 11) is 0. The third-order valence-electron chi connectivity index (χ3n) is 5.99. The average Bonchev–Trinajstić information content (AvgIpc) is 3.13. The van der Waals surface area contributed by atoms with Crippen LogP contribution in [0.4, 0.5) is 0 Å². The van der Waals surface area contributed by atoms with Crippen molar-refractivity contribution >= 4 is 23.1 Å². The van der Waals surface area contributed by atoms with Crippen LogP contribution in [-0.2, 0) is 12.8 Å². The highest BCUT2D eigenvalue weighted by atomic mass is 32.1. The zero-order valence-electron chi connectivity index (χ0n) is 16.6. The normalized spacial score (nSPS) is 16.0. The van der Waals surface area contributed by atoms with Gasteiger partial charge in [-0.2, -0.15) is 0 Å². The standard InChI is InChI=1S/C23H22N4O2S/c1-2-13-7-9-14(10-8-13)27-22(29)18(21(28)26-23(27)30)20-19-16(11-12-24-20)15-5-3-4-6-17(15)25-19/h3-10,20,24-25,29H,2,11-12H2,1H3,(H,26,28,30)/p+1/t20-/m0/s1. The Morgan fingerprint density at radius 2 is 1.93 bits per heavy atom. The Morgan fingerprint density at radius 1 is 1.17 bits per heavy atom. The fourth-order valence-corrected chi connectivity index (χ4v) is 4.75. The van der Waals surface area contributed by atoms with Gasteiger partial charge in [0.25, 0.3) is 5.56 Å². The van der Waals surface area contributed by atoms with Gasteiger partial charge in [-0.15, -0.1) is 0 Å². The summed E-state index contributed by atoms with van der Waals surface area (Å²) in [5.74, 6) is -0.110. The average molecular weight is 420 g/mol. The SMILES string of the molecule is CCc1ccc(-n2c(O)c([C@@H]3[NH2+]CCc4c3[nH]c3ccccc43)c(=O)[nH]c2=S)cc1. The molecule has 0 unspecified atom stereocenters. The minimum absolute atomic E-state index is 0.110. The minimum atomic E-state index is -0.355. The van der Waals surface area contributed by atoms with Crippen molar-refractivity contribution in [2.24, 2.45) is 0 Å². The zero-order chi connectivity index (χ0) is 20.8. The summed E-state index contributed by atoms with van der Waals surface area (Å²) in [5.41, 5.74) is 5.09. The number of para-hydroxylation sites is 1. The fraction of sp³-hybridized carbons (Fsp3) is 0.217. The lowest BCUT2D eigenvalue weighted by Crippen LogP contribution is -2.87. The van der Waals surface area contributed by atoms with E-state index in [4.69, 9.17) is 12.2 Å². The summed E-state index contributed by atoms with van der Waals surface area (Å²) < 4.78 is 1.72. The fourth-order valence-electron chi connectivity index (χ4n) is 4.47. The van der Waals surface area contributed by atoms with E-state index in [-0.39, 0.29) is 22.3 Å². The third-order valence-corrected chi connectivity index (χ3v) is 6.27. The van der Waals surface area contributed by atoms with Crippen LogP contribution < -0.4 is 10.9 Å². The number of aromatic nitrogens is 3. The predicted molar refractivity (Wildman–Crippen MR) is 119 cm³/mol. The van der Waals surface area contributed by atoms with Crippen LogP contribution in [0.15, 0.2) is 53.3 Å². The summed E-state index contributed by atoms with van der Waals surface area (Å²) in [4.78, 5) is 19.2. The van der Waals surface area contributed by atoms with Gasteiger partial charge in [0.15, 0.2) is 10.8 Å². The van der Waals surface area contributed by atoms with Crippen LogP contribution in [0, 0.1) is 4.77 Å². The van der Waals surface area contributed by atoms with Crippen molar-refractivity contribution in [3.8, 4) is 11.6 Å². The van der Waals surface area contributed by atoms with Gasteiger partial charge in [0, 0.05) is 17.3 Å². The minimum Gasteiger partial charge on any atom is -0.494 e. The molecule has 3 heterocycles. The second-order valence-electron chi connectivity index (χ2n) is 7.67. The molecule has 1 aliphatic rings. The van der Waals surface area contributed by atoms with Crippen LogP contribution in [0.2, 0.25) is 0 Å². The molecule has 0 aliphatic carbocycles. The number of fused-ring (bicyclic) bond motifs is 3. The molecule has 1 aliphatic heterocycles. The van der Waals surface area contributed by atoms with Crippen LogP contribution in [-0.4, -0.2) is 26.2 Å². The largest absolute Gasteiger partial charge is 0.494 e. The zero-order valence-corrected chi connectivity index (χ0v) is 17.4. The summed E-state index contributed by atoms with van der Waals surface area (Å²) in [6, 6.07) is 15.6. The van der Waals surface area contributed by atoms with E-state index >= 15 is 0 Å². The van der Waals surface area contributed by atoms with E-state index in [0.717, 1.165) is 36.3 Å². The van der Waals surface area contributed by atoms with Crippen molar-refractivity contribution in [1.29, 1.82) is 0 Å². The number of quaternary nitrogens is 1. The number of H-pyrrole nitrogens is 2. The van der Waals surface area contributed by atoms with E-state index in [2.05, 4.69) is 28.3 Å². The first-order valence-corrected chi connectivity index (χ1v) is 10.6. The van der Waals surface area contributed by atoms with Crippen molar-refractivity contribution in [2.75, 3.05) is 6.54 Å². The van der Waals surface area contributed by atoms with Crippen LogP contribution >= 0.6 is 12.2 Å². The number of aryl methyl sites for hydroxylation is 1. The second-order valence-corrected chi connectivity index (χ2v) is 8.05.